The van der Waals surface area contributed by atoms with E-state index in [1.165, 1.54) is 0 Å². The van der Waals surface area contributed by atoms with Gasteiger partial charge in [-0.05, 0) is 0 Å². The Hall–Kier alpha value is -1.22. The molecule has 0 aromatic carbocycles. The molecule has 0 amide bonds. The quantitative estimate of drug-likeness (QED) is 0.834. The van der Waals surface area contributed by atoms with Crippen LogP contribution in [0.15, 0.2) is 6.20 Å². The number of nitrogens with zero attached hydrogens (tertiary/aromatic N) is 2. The van der Waals surface area contributed by atoms with Gasteiger partial charge in [0.2, 0.25) is 0 Å². The predicted octanol–water partition coefficient (Wildman–Crippen LogP) is 2.49. The summed E-state index contributed by atoms with van der Waals surface area (Å²) in [5, 5.41) is 17.9. The molecule has 0 fully saturated rings. The van der Waals surface area contributed by atoms with E-state index in [-0.39, 0.29) is 22.2 Å². The molecule has 0 atom stereocenters. The summed E-state index contributed by atoms with van der Waals surface area (Å²) < 4.78 is 24.8. The number of pyridine rings is 1. The molecule has 1 heterocycles. The van der Waals surface area contributed by atoms with Gasteiger partial charge in [-0.15, -0.1) is 0 Å². The van der Waals surface area contributed by atoms with Gasteiger partial charge in [0.15, 0.2) is 5.75 Å². The molecule has 0 aliphatic carbocycles. The Morgan fingerprint density at radius 3 is 2.71 bits per heavy atom. The number of halogens is 3. The lowest BCUT2D eigenvalue weighted by Gasteiger charge is -2.07. The maximum atomic E-state index is 12.4. The van der Waals surface area contributed by atoms with Crippen molar-refractivity contribution >= 4 is 15.9 Å². The first-order valence-corrected chi connectivity index (χ1v) is 4.69. The SMILES string of the molecule is N#Cc1c(O)cnc(C(F)F)c1CBr. The van der Waals surface area contributed by atoms with Crippen LogP contribution in [-0.2, 0) is 5.33 Å². The summed E-state index contributed by atoms with van der Waals surface area (Å²) in [7, 11) is 0. The fourth-order valence-corrected chi connectivity index (χ4v) is 1.57. The number of aromatic nitrogens is 1. The highest BCUT2D eigenvalue weighted by Crippen LogP contribution is 2.29. The van der Waals surface area contributed by atoms with E-state index in [4.69, 9.17) is 5.26 Å². The van der Waals surface area contributed by atoms with Crippen molar-refractivity contribution in [2.75, 3.05) is 0 Å². The Balaban J connectivity index is 3.42. The first kappa shape index (κ1) is 10.9. The average molecular weight is 263 g/mol. The zero-order chi connectivity index (χ0) is 10.7. The van der Waals surface area contributed by atoms with Crippen LogP contribution >= 0.6 is 15.9 Å². The summed E-state index contributed by atoms with van der Waals surface area (Å²) in [5.41, 5.74) is -0.606. The van der Waals surface area contributed by atoms with Crippen molar-refractivity contribution in [2.24, 2.45) is 0 Å². The molecule has 1 aromatic rings. The van der Waals surface area contributed by atoms with Crippen molar-refractivity contribution < 1.29 is 13.9 Å². The highest BCUT2D eigenvalue weighted by atomic mass is 79.9. The molecule has 0 saturated carbocycles. The molecule has 6 heteroatoms. The standard InChI is InChI=1S/C8H5BrF2N2O/c9-1-4-5(2-12)6(14)3-13-7(4)8(10)11/h3,8,14H,1H2. The number of rotatable bonds is 2. The molecule has 74 valence electrons. The first-order chi connectivity index (χ1) is 6.61. The summed E-state index contributed by atoms with van der Waals surface area (Å²) in [4.78, 5) is 3.38. The van der Waals surface area contributed by atoms with Crippen LogP contribution in [0, 0.1) is 11.3 Å². The molecular formula is C8H5BrF2N2O. The Labute approximate surface area is 87.1 Å². The average Bonchev–Trinajstić information content (AvgIpc) is 2.16. The number of nitriles is 1. The Morgan fingerprint density at radius 1 is 1.64 bits per heavy atom. The van der Waals surface area contributed by atoms with Crippen molar-refractivity contribution in [3.8, 4) is 11.8 Å². The van der Waals surface area contributed by atoms with Crippen LogP contribution in [0.3, 0.4) is 0 Å². The topological polar surface area (TPSA) is 56.9 Å². The second kappa shape index (κ2) is 4.33. The van der Waals surface area contributed by atoms with Gasteiger partial charge in [0.05, 0.1) is 6.20 Å². The molecule has 14 heavy (non-hydrogen) atoms. The van der Waals surface area contributed by atoms with Gasteiger partial charge in [0.25, 0.3) is 6.43 Å². The summed E-state index contributed by atoms with van der Waals surface area (Å²) in [6.45, 7) is 0. The van der Waals surface area contributed by atoms with Gasteiger partial charge in [-0.2, -0.15) is 5.26 Å². The zero-order valence-corrected chi connectivity index (χ0v) is 8.42. The molecule has 1 aromatic heterocycles. The third-order valence-corrected chi connectivity index (χ3v) is 2.21. The normalized spacial score (nSPS) is 10.2. The summed E-state index contributed by atoms with van der Waals surface area (Å²) in [6, 6.07) is 1.66. The van der Waals surface area contributed by atoms with Crippen LogP contribution in [0.1, 0.15) is 23.2 Å². The second-order valence-corrected chi connectivity index (χ2v) is 2.99. The van der Waals surface area contributed by atoms with E-state index in [1.807, 2.05) is 0 Å². The molecule has 0 radical (unpaired) electrons. The molecule has 0 aliphatic rings. The van der Waals surface area contributed by atoms with E-state index >= 15 is 0 Å². The molecule has 0 spiro atoms. The van der Waals surface area contributed by atoms with Crippen molar-refractivity contribution in [3.05, 3.63) is 23.0 Å². The molecule has 1 rings (SSSR count). The third kappa shape index (κ3) is 1.82. The lowest BCUT2D eigenvalue weighted by atomic mass is 10.1. The monoisotopic (exact) mass is 262 g/mol. The second-order valence-electron chi connectivity index (χ2n) is 2.43. The molecule has 0 saturated heterocycles. The van der Waals surface area contributed by atoms with E-state index < -0.39 is 12.1 Å². The van der Waals surface area contributed by atoms with Crippen molar-refractivity contribution in [3.63, 3.8) is 0 Å². The van der Waals surface area contributed by atoms with Crippen LogP contribution in [0.5, 0.6) is 5.75 Å². The van der Waals surface area contributed by atoms with Crippen LogP contribution in [0.4, 0.5) is 8.78 Å². The van der Waals surface area contributed by atoms with Crippen molar-refractivity contribution in [1.29, 1.82) is 5.26 Å². The molecule has 0 bridgehead atoms. The first-order valence-electron chi connectivity index (χ1n) is 3.56. The van der Waals surface area contributed by atoms with E-state index in [2.05, 4.69) is 20.9 Å². The van der Waals surface area contributed by atoms with Crippen molar-refractivity contribution in [2.45, 2.75) is 11.8 Å². The number of alkyl halides is 3. The molecule has 0 aliphatic heterocycles. The molecule has 1 N–H and O–H groups in total. The van der Waals surface area contributed by atoms with Gasteiger partial charge in [-0.25, -0.2) is 8.78 Å². The van der Waals surface area contributed by atoms with Gasteiger partial charge in [-0.1, -0.05) is 15.9 Å². The number of hydrogen-bond donors (Lipinski definition) is 1. The largest absolute Gasteiger partial charge is 0.505 e. The van der Waals surface area contributed by atoms with Gasteiger partial charge in [0, 0.05) is 10.9 Å². The lowest BCUT2D eigenvalue weighted by Crippen LogP contribution is -2.00. The predicted molar refractivity (Wildman–Crippen MR) is 48.2 cm³/mol. The lowest BCUT2D eigenvalue weighted by molar-refractivity contribution is 0.145. The van der Waals surface area contributed by atoms with Crippen LogP contribution in [0.2, 0.25) is 0 Å². The maximum absolute atomic E-state index is 12.4. The van der Waals surface area contributed by atoms with Crippen LogP contribution in [-0.4, -0.2) is 10.1 Å². The molecular weight excluding hydrogens is 258 g/mol. The number of aromatic hydroxyl groups is 1. The van der Waals surface area contributed by atoms with Gasteiger partial charge >= 0.3 is 0 Å². The molecule has 3 nitrogen and oxygen atoms in total. The minimum absolute atomic E-state index is 0.0301. The Kier molecular flexibility index (Phi) is 3.36. The fourth-order valence-electron chi connectivity index (χ4n) is 1.00. The smallest absolute Gasteiger partial charge is 0.280 e. The Morgan fingerprint density at radius 2 is 2.29 bits per heavy atom. The maximum Gasteiger partial charge on any atom is 0.280 e. The van der Waals surface area contributed by atoms with E-state index in [1.54, 1.807) is 6.07 Å². The minimum atomic E-state index is -2.75. The molecule has 0 unspecified atom stereocenters. The summed E-state index contributed by atoms with van der Waals surface area (Å²) in [6.07, 6.45) is -1.90. The van der Waals surface area contributed by atoms with Gasteiger partial charge in [-0.3, -0.25) is 4.98 Å². The zero-order valence-electron chi connectivity index (χ0n) is 6.84. The summed E-state index contributed by atoms with van der Waals surface area (Å²) in [5.74, 6) is -0.383. The highest BCUT2D eigenvalue weighted by molar-refractivity contribution is 9.08. The number of hydrogen-bond acceptors (Lipinski definition) is 3. The van der Waals surface area contributed by atoms with E-state index in [9.17, 15) is 13.9 Å². The van der Waals surface area contributed by atoms with Crippen molar-refractivity contribution in [1.82, 2.24) is 4.98 Å². The van der Waals surface area contributed by atoms with Crippen LogP contribution < -0.4 is 0 Å². The van der Waals surface area contributed by atoms with Gasteiger partial charge < -0.3 is 5.11 Å². The summed E-state index contributed by atoms with van der Waals surface area (Å²) >= 11 is 2.97. The minimum Gasteiger partial charge on any atom is -0.505 e. The fraction of sp³-hybridized carbons (Fsp3) is 0.250. The van der Waals surface area contributed by atoms with Crippen LogP contribution in [0.25, 0.3) is 0 Å². The van der Waals surface area contributed by atoms with Gasteiger partial charge in [0.1, 0.15) is 17.3 Å². The van der Waals surface area contributed by atoms with E-state index in [0.29, 0.717) is 0 Å². The Bertz CT molecular complexity index is 390. The highest BCUT2D eigenvalue weighted by Gasteiger charge is 2.19. The van der Waals surface area contributed by atoms with E-state index in [0.717, 1.165) is 6.20 Å². The third-order valence-electron chi connectivity index (χ3n) is 1.65.